The monoisotopic (exact) mass is 355 g/mol. The Balaban J connectivity index is 2.01. The summed E-state index contributed by atoms with van der Waals surface area (Å²) in [5.41, 5.74) is 6.59. The number of ether oxygens (including phenoxy) is 1. The fourth-order valence-electron chi connectivity index (χ4n) is 2.11. The Morgan fingerprint density at radius 2 is 2.05 bits per heavy atom. The Hall–Kier alpha value is -1.60. The van der Waals surface area contributed by atoms with E-state index in [4.69, 9.17) is 10.5 Å². The van der Waals surface area contributed by atoms with E-state index >= 15 is 0 Å². The predicted octanol–water partition coefficient (Wildman–Crippen LogP) is 1.01. The molecule has 1 aliphatic heterocycles. The Labute approximate surface area is 131 Å². The highest BCUT2D eigenvalue weighted by Crippen LogP contribution is 2.19. The first-order chi connectivity index (χ1) is 9.99. The molecule has 0 radical (unpaired) electrons. The van der Waals surface area contributed by atoms with Crippen molar-refractivity contribution in [3.8, 4) is 0 Å². The maximum absolute atomic E-state index is 12.2. The third-order valence-corrected chi connectivity index (χ3v) is 3.97. The van der Waals surface area contributed by atoms with E-state index in [1.165, 1.54) is 0 Å². The van der Waals surface area contributed by atoms with Crippen LogP contribution in [0.1, 0.15) is 17.3 Å². The predicted molar refractivity (Wildman–Crippen MR) is 82.9 cm³/mol. The molecule has 7 heteroatoms. The van der Waals surface area contributed by atoms with Crippen LogP contribution in [0.2, 0.25) is 0 Å². The van der Waals surface area contributed by atoms with Crippen LogP contribution in [0.3, 0.4) is 0 Å². The van der Waals surface area contributed by atoms with Crippen molar-refractivity contribution in [3.63, 3.8) is 0 Å². The lowest BCUT2D eigenvalue weighted by molar-refractivity contribution is -0.136. The second-order valence-corrected chi connectivity index (χ2v) is 5.73. The van der Waals surface area contributed by atoms with E-state index in [0.717, 1.165) is 0 Å². The van der Waals surface area contributed by atoms with E-state index in [1.807, 2.05) is 0 Å². The van der Waals surface area contributed by atoms with E-state index in [0.29, 0.717) is 42.0 Å². The fraction of sp³-hybridized carbons (Fsp3) is 0.429. The molecule has 2 amide bonds. The topological polar surface area (TPSA) is 84.7 Å². The minimum absolute atomic E-state index is 0.105. The lowest BCUT2D eigenvalue weighted by atomic mass is 10.1. The van der Waals surface area contributed by atoms with Gasteiger partial charge in [0.05, 0.1) is 18.8 Å². The van der Waals surface area contributed by atoms with Crippen molar-refractivity contribution >= 4 is 33.4 Å². The first-order valence-corrected chi connectivity index (χ1v) is 7.51. The highest BCUT2D eigenvalue weighted by atomic mass is 79.9. The zero-order valence-electron chi connectivity index (χ0n) is 11.8. The smallest absolute Gasteiger partial charge is 0.253 e. The summed E-state index contributed by atoms with van der Waals surface area (Å²) in [5.74, 6) is -0.435. The molecule has 1 unspecified atom stereocenters. The van der Waals surface area contributed by atoms with Crippen LogP contribution in [-0.4, -0.2) is 49.1 Å². The number of nitrogens with one attached hydrogen (secondary N) is 1. The third kappa shape index (κ3) is 3.95. The van der Waals surface area contributed by atoms with Gasteiger partial charge in [0.15, 0.2) is 0 Å². The largest absolute Gasteiger partial charge is 0.399 e. The molecule has 1 aromatic rings. The Bertz CT molecular complexity index is 544. The molecule has 1 fully saturated rings. The van der Waals surface area contributed by atoms with Crippen LogP contribution in [-0.2, 0) is 9.53 Å². The van der Waals surface area contributed by atoms with Gasteiger partial charge in [-0.1, -0.05) is 0 Å². The minimum Gasteiger partial charge on any atom is -0.399 e. The normalized spacial score (nSPS) is 16.4. The number of halogens is 1. The zero-order valence-corrected chi connectivity index (χ0v) is 13.4. The van der Waals surface area contributed by atoms with Gasteiger partial charge in [-0.15, -0.1) is 0 Å². The minimum atomic E-state index is -0.594. The van der Waals surface area contributed by atoms with Crippen molar-refractivity contribution in [2.75, 3.05) is 32.0 Å². The van der Waals surface area contributed by atoms with Gasteiger partial charge in [-0.05, 0) is 41.1 Å². The lowest BCUT2D eigenvalue weighted by Crippen LogP contribution is -2.50. The van der Waals surface area contributed by atoms with Gasteiger partial charge in [-0.2, -0.15) is 0 Å². The number of carbonyl (C=O) groups excluding carboxylic acids is 2. The van der Waals surface area contributed by atoms with E-state index in [1.54, 1.807) is 30.0 Å². The molecule has 0 saturated carbocycles. The molecule has 0 aliphatic carbocycles. The molecule has 1 saturated heterocycles. The van der Waals surface area contributed by atoms with Crippen LogP contribution in [0.5, 0.6) is 0 Å². The second kappa shape index (κ2) is 6.91. The summed E-state index contributed by atoms with van der Waals surface area (Å²) in [4.78, 5) is 26.2. The number of carbonyl (C=O) groups is 2. The van der Waals surface area contributed by atoms with Gasteiger partial charge < -0.3 is 20.7 Å². The maximum atomic E-state index is 12.2. The Morgan fingerprint density at radius 3 is 2.71 bits per heavy atom. The van der Waals surface area contributed by atoms with Gasteiger partial charge in [-0.3, -0.25) is 9.59 Å². The highest BCUT2D eigenvalue weighted by molar-refractivity contribution is 9.10. The number of hydrogen-bond acceptors (Lipinski definition) is 4. The third-order valence-electron chi connectivity index (χ3n) is 3.28. The van der Waals surface area contributed by atoms with Crippen molar-refractivity contribution < 1.29 is 14.3 Å². The van der Waals surface area contributed by atoms with Crippen LogP contribution >= 0.6 is 15.9 Å². The molecular formula is C14H18BrN3O3. The average Bonchev–Trinajstić information content (AvgIpc) is 2.49. The highest BCUT2D eigenvalue weighted by Gasteiger charge is 2.24. The van der Waals surface area contributed by atoms with Crippen molar-refractivity contribution in [3.05, 3.63) is 28.2 Å². The number of rotatable bonds is 3. The van der Waals surface area contributed by atoms with Crippen molar-refractivity contribution in [2.24, 2.45) is 0 Å². The Kier molecular flexibility index (Phi) is 5.19. The molecule has 114 valence electrons. The van der Waals surface area contributed by atoms with Crippen LogP contribution < -0.4 is 11.1 Å². The molecule has 6 nitrogen and oxygen atoms in total. The van der Waals surface area contributed by atoms with Crippen LogP contribution in [0, 0.1) is 0 Å². The zero-order chi connectivity index (χ0) is 15.4. The molecule has 1 atom stereocenters. The number of nitrogens with two attached hydrogens (primary N) is 1. The molecule has 3 N–H and O–H groups in total. The van der Waals surface area contributed by atoms with E-state index in [9.17, 15) is 9.59 Å². The molecule has 0 aromatic heterocycles. The summed E-state index contributed by atoms with van der Waals surface area (Å²) in [7, 11) is 0. The van der Waals surface area contributed by atoms with E-state index in [2.05, 4.69) is 21.2 Å². The van der Waals surface area contributed by atoms with Crippen LogP contribution in [0.4, 0.5) is 5.69 Å². The molecule has 2 rings (SSSR count). The van der Waals surface area contributed by atoms with E-state index in [-0.39, 0.29) is 11.8 Å². The Morgan fingerprint density at radius 1 is 1.38 bits per heavy atom. The van der Waals surface area contributed by atoms with E-state index < -0.39 is 6.04 Å². The average molecular weight is 356 g/mol. The summed E-state index contributed by atoms with van der Waals surface area (Å²) < 4.78 is 5.85. The van der Waals surface area contributed by atoms with Crippen molar-refractivity contribution in [1.82, 2.24) is 10.2 Å². The second-order valence-electron chi connectivity index (χ2n) is 4.87. The number of morpholine rings is 1. The van der Waals surface area contributed by atoms with Crippen LogP contribution in [0.25, 0.3) is 0 Å². The van der Waals surface area contributed by atoms with Gasteiger partial charge in [0.25, 0.3) is 5.91 Å². The van der Waals surface area contributed by atoms with Gasteiger partial charge >= 0.3 is 0 Å². The molecular weight excluding hydrogens is 338 g/mol. The van der Waals surface area contributed by atoms with Gasteiger partial charge in [-0.25, -0.2) is 0 Å². The molecule has 1 aliphatic rings. The van der Waals surface area contributed by atoms with Gasteiger partial charge in [0, 0.05) is 23.2 Å². The number of nitrogens with zero attached hydrogens (tertiary/aromatic N) is 1. The summed E-state index contributed by atoms with van der Waals surface area (Å²) >= 11 is 3.31. The summed E-state index contributed by atoms with van der Waals surface area (Å²) in [5, 5.41) is 2.70. The summed E-state index contributed by atoms with van der Waals surface area (Å²) in [6, 6.07) is 4.39. The fourth-order valence-corrected chi connectivity index (χ4v) is 2.54. The molecule has 0 bridgehead atoms. The number of nitrogen functional groups attached to an aromatic ring is 1. The number of hydrogen-bond donors (Lipinski definition) is 2. The summed E-state index contributed by atoms with van der Waals surface area (Å²) in [6.07, 6.45) is 0. The molecule has 1 aromatic carbocycles. The maximum Gasteiger partial charge on any atom is 0.253 e. The van der Waals surface area contributed by atoms with Gasteiger partial charge in [0.2, 0.25) is 5.91 Å². The standard InChI is InChI=1S/C14H18BrN3O3/c1-9(14(20)18-4-6-21-7-5-18)17-13(19)11-8-10(16)2-3-12(11)15/h2-3,8-9H,4-7,16H2,1H3,(H,17,19). The van der Waals surface area contributed by atoms with Gasteiger partial charge in [0.1, 0.15) is 6.04 Å². The molecule has 21 heavy (non-hydrogen) atoms. The first kappa shape index (κ1) is 15.8. The quantitative estimate of drug-likeness (QED) is 0.792. The number of anilines is 1. The number of benzene rings is 1. The molecule has 1 heterocycles. The lowest BCUT2D eigenvalue weighted by Gasteiger charge is -2.29. The molecule has 0 spiro atoms. The van der Waals surface area contributed by atoms with Crippen molar-refractivity contribution in [2.45, 2.75) is 13.0 Å². The number of amides is 2. The SMILES string of the molecule is CC(NC(=O)c1cc(N)ccc1Br)C(=O)N1CCOCC1. The van der Waals surface area contributed by atoms with Crippen molar-refractivity contribution in [1.29, 1.82) is 0 Å². The summed E-state index contributed by atoms with van der Waals surface area (Å²) in [6.45, 7) is 3.86. The first-order valence-electron chi connectivity index (χ1n) is 6.71. The van der Waals surface area contributed by atoms with Crippen LogP contribution in [0.15, 0.2) is 22.7 Å².